The predicted octanol–water partition coefficient (Wildman–Crippen LogP) is 1.74. The van der Waals surface area contributed by atoms with Gasteiger partial charge < -0.3 is 20.5 Å². The highest BCUT2D eigenvalue weighted by atomic mass is 16.5. The van der Waals surface area contributed by atoms with Gasteiger partial charge in [0.1, 0.15) is 11.3 Å². The number of methoxy groups -OCH3 is 1. The SMILES string of the molecule is CCCC(C)NC(=O)COc1ccc(N)cc1C(=O)OC. The summed E-state index contributed by atoms with van der Waals surface area (Å²) in [6, 6.07) is 4.69. The molecule has 0 radical (unpaired) electrons. The molecule has 3 N–H and O–H groups in total. The van der Waals surface area contributed by atoms with Crippen molar-refractivity contribution < 1.29 is 19.1 Å². The first-order valence-corrected chi connectivity index (χ1v) is 6.88. The Morgan fingerprint density at radius 1 is 1.38 bits per heavy atom. The summed E-state index contributed by atoms with van der Waals surface area (Å²) in [4.78, 5) is 23.4. The van der Waals surface area contributed by atoms with Gasteiger partial charge in [0.15, 0.2) is 6.61 Å². The van der Waals surface area contributed by atoms with Crippen molar-refractivity contribution in [2.75, 3.05) is 19.5 Å². The van der Waals surface area contributed by atoms with E-state index < -0.39 is 5.97 Å². The lowest BCUT2D eigenvalue weighted by Crippen LogP contribution is -2.36. The van der Waals surface area contributed by atoms with E-state index in [1.807, 2.05) is 6.92 Å². The highest BCUT2D eigenvalue weighted by Gasteiger charge is 2.15. The molecule has 0 saturated carbocycles. The molecule has 1 rings (SSSR count). The summed E-state index contributed by atoms with van der Waals surface area (Å²) in [7, 11) is 1.27. The summed E-state index contributed by atoms with van der Waals surface area (Å²) in [5.74, 6) is -0.519. The Hall–Kier alpha value is -2.24. The number of ether oxygens (including phenoxy) is 2. The van der Waals surface area contributed by atoms with Gasteiger partial charge in [-0.1, -0.05) is 13.3 Å². The van der Waals surface area contributed by atoms with Crippen LogP contribution in [0.25, 0.3) is 0 Å². The van der Waals surface area contributed by atoms with Crippen molar-refractivity contribution in [1.82, 2.24) is 5.32 Å². The fourth-order valence-corrected chi connectivity index (χ4v) is 1.91. The maximum atomic E-state index is 11.7. The van der Waals surface area contributed by atoms with Gasteiger partial charge in [-0.3, -0.25) is 4.79 Å². The lowest BCUT2D eigenvalue weighted by molar-refractivity contribution is -0.123. The van der Waals surface area contributed by atoms with Gasteiger partial charge in [0.05, 0.1) is 7.11 Å². The van der Waals surface area contributed by atoms with E-state index in [1.165, 1.54) is 13.2 Å². The van der Waals surface area contributed by atoms with Crippen LogP contribution in [0.15, 0.2) is 18.2 Å². The van der Waals surface area contributed by atoms with Crippen molar-refractivity contribution in [3.8, 4) is 5.75 Å². The van der Waals surface area contributed by atoms with E-state index in [0.29, 0.717) is 5.69 Å². The van der Waals surface area contributed by atoms with E-state index in [2.05, 4.69) is 17.0 Å². The first kappa shape index (κ1) is 16.8. The number of carbonyl (C=O) groups excluding carboxylic acids is 2. The highest BCUT2D eigenvalue weighted by molar-refractivity contribution is 5.93. The molecule has 0 aliphatic carbocycles. The van der Waals surface area contributed by atoms with E-state index in [-0.39, 0.29) is 29.9 Å². The molecular formula is C15H22N2O4. The van der Waals surface area contributed by atoms with E-state index >= 15 is 0 Å². The number of rotatable bonds is 7. The van der Waals surface area contributed by atoms with Crippen molar-refractivity contribution in [2.24, 2.45) is 0 Å². The largest absolute Gasteiger partial charge is 0.483 e. The van der Waals surface area contributed by atoms with Crippen LogP contribution in [0.1, 0.15) is 37.0 Å². The number of hydrogen-bond acceptors (Lipinski definition) is 5. The summed E-state index contributed by atoms with van der Waals surface area (Å²) in [5, 5.41) is 2.82. The number of esters is 1. The molecule has 6 heteroatoms. The van der Waals surface area contributed by atoms with Crippen LogP contribution in [0.5, 0.6) is 5.75 Å². The Kier molecular flexibility index (Phi) is 6.52. The van der Waals surface area contributed by atoms with Crippen molar-refractivity contribution in [3.63, 3.8) is 0 Å². The molecule has 1 amide bonds. The van der Waals surface area contributed by atoms with Gasteiger partial charge in [0.2, 0.25) is 0 Å². The molecule has 1 atom stereocenters. The summed E-state index contributed by atoms with van der Waals surface area (Å²) < 4.78 is 10.0. The van der Waals surface area contributed by atoms with Crippen LogP contribution < -0.4 is 15.8 Å². The molecule has 21 heavy (non-hydrogen) atoms. The van der Waals surface area contributed by atoms with E-state index in [9.17, 15) is 9.59 Å². The van der Waals surface area contributed by atoms with Gasteiger partial charge >= 0.3 is 5.97 Å². The minimum absolute atomic E-state index is 0.0950. The number of benzene rings is 1. The third kappa shape index (κ3) is 5.33. The number of nitrogens with two attached hydrogens (primary N) is 1. The number of anilines is 1. The van der Waals surface area contributed by atoms with E-state index in [0.717, 1.165) is 12.8 Å². The molecule has 1 unspecified atom stereocenters. The zero-order valence-electron chi connectivity index (χ0n) is 12.6. The van der Waals surface area contributed by atoms with E-state index in [4.69, 9.17) is 10.5 Å². The average Bonchev–Trinajstić information content (AvgIpc) is 2.45. The van der Waals surface area contributed by atoms with Gasteiger partial charge in [0.25, 0.3) is 5.91 Å². The lowest BCUT2D eigenvalue weighted by atomic mass is 10.2. The first-order chi connectivity index (χ1) is 9.97. The predicted molar refractivity (Wildman–Crippen MR) is 80.2 cm³/mol. The Bertz CT molecular complexity index is 502. The Labute approximate surface area is 124 Å². The Morgan fingerprint density at radius 3 is 2.71 bits per heavy atom. The number of nitrogens with one attached hydrogen (secondary N) is 1. The zero-order valence-corrected chi connectivity index (χ0v) is 12.6. The average molecular weight is 294 g/mol. The second-order valence-electron chi connectivity index (χ2n) is 4.79. The van der Waals surface area contributed by atoms with Gasteiger partial charge in [-0.15, -0.1) is 0 Å². The topological polar surface area (TPSA) is 90.6 Å². The summed E-state index contributed by atoms with van der Waals surface area (Å²) in [6.07, 6.45) is 1.90. The standard InChI is InChI=1S/C15H22N2O4/c1-4-5-10(2)17-14(18)9-21-13-7-6-11(16)8-12(13)15(19)20-3/h6-8,10H,4-5,9,16H2,1-3H3,(H,17,18). The molecule has 116 valence electrons. The number of nitrogen functional groups attached to an aromatic ring is 1. The van der Waals surface area contributed by atoms with Crippen LogP contribution in [0.3, 0.4) is 0 Å². The minimum Gasteiger partial charge on any atom is -0.483 e. The van der Waals surface area contributed by atoms with Crippen molar-refractivity contribution >= 4 is 17.6 Å². The molecular weight excluding hydrogens is 272 g/mol. The van der Waals surface area contributed by atoms with Crippen LogP contribution in [-0.4, -0.2) is 31.6 Å². The molecule has 1 aromatic carbocycles. The second kappa shape index (κ2) is 8.14. The molecule has 0 heterocycles. The molecule has 0 bridgehead atoms. The van der Waals surface area contributed by atoms with Crippen LogP contribution >= 0.6 is 0 Å². The number of carbonyl (C=O) groups is 2. The van der Waals surface area contributed by atoms with Crippen molar-refractivity contribution in [2.45, 2.75) is 32.7 Å². The smallest absolute Gasteiger partial charge is 0.341 e. The third-order valence-corrected chi connectivity index (χ3v) is 2.90. The number of amides is 1. The molecule has 0 aliphatic heterocycles. The first-order valence-electron chi connectivity index (χ1n) is 6.88. The van der Waals surface area contributed by atoms with Gasteiger partial charge in [-0.2, -0.15) is 0 Å². The fraction of sp³-hybridized carbons (Fsp3) is 0.467. The highest BCUT2D eigenvalue weighted by Crippen LogP contribution is 2.22. The lowest BCUT2D eigenvalue weighted by Gasteiger charge is -2.14. The molecule has 0 spiro atoms. The van der Waals surface area contributed by atoms with Crippen LogP contribution in [-0.2, 0) is 9.53 Å². The molecule has 1 aromatic rings. The summed E-state index contributed by atoms with van der Waals surface area (Å²) in [6.45, 7) is 3.82. The maximum Gasteiger partial charge on any atom is 0.341 e. The molecule has 6 nitrogen and oxygen atoms in total. The van der Waals surface area contributed by atoms with Crippen molar-refractivity contribution in [1.29, 1.82) is 0 Å². The van der Waals surface area contributed by atoms with Crippen molar-refractivity contribution in [3.05, 3.63) is 23.8 Å². The molecule has 0 saturated heterocycles. The monoisotopic (exact) mass is 294 g/mol. The third-order valence-electron chi connectivity index (χ3n) is 2.90. The Morgan fingerprint density at radius 2 is 2.10 bits per heavy atom. The van der Waals surface area contributed by atoms with Crippen LogP contribution in [0.4, 0.5) is 5.69 Å². The summed E-state index contributed by atoms with van der Waals surface area (Å²) >= 11 is 0. The van der Waals surface area contributed by atoms with Crippen LogP contribution in [0, 0.1) is 0 Å². The van der Waals surface area contributed by atoms with Gasteiger partial charge in [-0.25, -0.2) is 4.79 Å². The summed E-state index contributed by atoms with van der Waals surface area (Å²) in [5.41, 5.74) is 6.25. The van der Waals surface area contributed by atoms with Crippen LogP contribution in [0.2, 0.25) is 0 Å². The normalized spacial score (nSPS) is 11.6. The molecule has 0 aromatic heterocycles. The maximum absolute atomic E-state index is 11.7. The fourth-order valence-electron chi connectivity index (χ4n) is 1.91. The zero-order chi connectivity index (χ0) is 15.8. The van der Waals surface area contributed by atoms with E-state index in [1.54, 1.807) is 12.1 Å². The van der Waals surface area contributed by atoms with Gasteiger partial charge in [-0.05, 0) is 31.5 Å². The number of hydrogen-bond donors (Lipinski definition) is 2. The molecule has 0 aliphatic rings. The van der Waals surface area contributed by atoms with Gasteiger partial charge in [0, 0.05) is 11.7 Å². The quantitative estimate of drug-likeness (QED) is 0.590. The minimum atomic E-state index is -0.558. The second-order valence-corrected chi connectivity index (χ2v) is 4.79. The molecule has 0 fully saturated rings. The Balaban J connectivity index is 2.67.